The summed E-state index contributed by atoms with van der Waals surface area (Å²) < 4.78 is 20.3. The van der Waals surface area contributed by atoms with E-state index in [0.717, 1.165) is 4.47 Å². The van der Waals surface area contributed by atoms with E-state index in [1.165, 1.54) is 12.1 Å². The Kier molecular flexibility index (Phi) is 4.33. The van der Waals surface area contributed by atoms with Gasteiger partial charge in [-0.2, -0.15) is 0 Å². The molecule has 1 atom stereocenters. The average molecular weight is 376 g/mol. The molecular formula is C18H15BrFNO2. The smallest absolute Gasteiger partial charge is 0.200 e. The van der Waals surface area contributed by atoms with Gasteiger partial charge in [-0.3, -0.25) is 4.79 Å². The van der Waals surface area contributed by atoms with Gasteiger partial charge in [-0.1, -0.05) is 35.0 Å². The number of hydrogen-bond acceptors (Lipinski definition) is 3. The Hall–Kier alpha value is -1.98. The molecule has 118 valence electrons. The van der Waals surface area contributed by atoms with Gasteiger partial charge in [0.1, 0.15) is 17.2 Å². The molecule has 2 aromatic carbocycles. The van der Waals surface area contributed by atoms with E-state index in [0.29, 0.717) is 34.3 Å². The topological polar surface area (TPSA) is 56.2 Å². The third-order valence-electron chi connectivity index (χ3n) is 3.77. The van der Waals surface area contributed by atoms with E-state index in [2.05, 4.69) is 15.9 Å². The van der Waals surface area contributed by atoms with E-state index in [4.69, 9.17) is 10.2 Å². The van der Waals surface area contributed by atoms with Gasteiger partial charge in [0, 0.05) is 4.47 Å². The first-order valence-corrected chi connectivity index (χ1v) is 8.08. The Morgan fingerprint density at radius 1 is 1.26 bits per heavy atom. The molecule has 0 aliphatic heterocycles. The van der Waals surface area contributed by atoms with Crippen LogP contribution in [0.15, 0.2) is 56.1 Å². The lowest BCUT2D eigenvalue weighted by atomic mass is 9.98. The van der Waals surface area contributed by atoms with Crippen LogP contribution in [0.3, 0.4) is 0 Å². The predicted octanol–water partition coefficient (Wildman–Crippen LogP) is 4.77. The van der Waals surface area contributed by atoms with Crippen LogP contribution in [-0.2, 0) is 0 Å². The molecule has 3 nitrogen and oxygen atoms in total. The van der Waals surface area contributed by atoms with Crippen LogP contribution in [0.2, 0.25) is 0 Å². The molecule has 0 fully saturated rings. The van der Waals surface area contributed by atoms with Gasteiger partial charge in [-0.25, -0.2) is 4.39 Å². The number of fused-ring (bicyclic) bond motifs is 1. The van der Waals surface area contributed by atoms with Gasteiger partial charge in [0.25, 0.3) is 0 Å². The van der Waals surface area contributed by atoms with Crippen molar-refractivity contribution in [2.24, 2.45) is 5.73 Å². The summed E-state index contributed by atoms with van der Waals surface area (Å²) in [4.78, 5) is 13.0. The van der Waals surface area contributed by atoms with Crippen LogP contribution in [0.4, 0.5) is 4.39 Å². The first-order valence-electron chi connectivity index (χ1n) is 7.29. The van der Waals surface area contributed by atoms with E-state index in [1.54, 1.807) is 30.3 Å². The predicted molar refractivity (Wildman–Crippen MR) is 92.8 cm³/mol. The fourth-order valence-corrected chi connectivity index (χ4v) is 2.91. The summed E-state index contributed by atoms with van der Waals surface area (Å²) in [6.07, 6.45) is 0.604. The first-order chi connectivity index (χ1) is 11.0. The normalized spacial score (nSPS) is 12.5. The van der Waals surface area contributed by atoms with Gasteiger partial charge in [-0.05, 0) is 42.3 Å². The molecule has 3 aromatic rings. The highest BCUT2D eigenvalue weighted by Crippen LogP contribution is 2.30. The maximum atomic E-state index is 13.6. The van der Waals surface area contributed by atoms with E-state index >= 15 is 0 Å². The molecule has 1 heterocycles. The van der Waals surface area contributed by atoms with Crippen molar-refractivity contribution >= 4 is 26.9 Å². The number of rotatable bonds is 3. The minimum Gasteiger partial charge on any atom is -0.458 e. The monoisotopic (exact) mass is 375 g/mol. The molecule has 0 saturated carbocycles. The van der Waals surface area contributed by atoms with Crippen molar-refractivity contribution < 1.29 is 8.81 Å². The van der Waals surface area contributed by atoms with Crippen LogP contribution in [0.1, 0.15) is 25.1 Å². The van der Waals surface area contributed by atoms with Gasteiger partial charge in [0.05, 0.1) is 17.0 Å². The molecule has 0 unspecified atom stereocenters. The van der Waals surface area contributed by atoms with E-state index < -0.39 is 11.9 Å². The fraction of sp³-hybridized carbons (Fsp3) is 0.167. The summed E-state index contributed by atoms with van der Waals surface area (Å²) in [5.74, 6) is -0.0230. The van der Waals surface area contributed by atoms with Gasteiger partial charge in [0.15, 0.2) is 0 Å². The molecule has 0 amide bonds. The summed E-state index contributed by atoms with van der Waals surface area (Å²) in [6, 6.07) is 10.7. The number of benzene rings is 2. The van der Waals surface area contributed by atoms with Crippen LogP contribution in [-0.4, -0.2) is 0 Å². The zero-order chi connectivity index (χ0) is 16.6. The van der Waals surface area contributed by atoms with E-state index in [1.807, 2.05) is 6.92 Å². The second-order valence-corrected chi connectivity index (χ2v) is 6.25. The lowest BCUT2D eigenvalue weighted by Crippen LogP contribution is -2.16. The summed E-state index contributed by atoms with van der Waals surface area (Å²) in [5.41, 5.74) is 7.18. The van der Waals surface area contributed by atoms with Gasteiger partial charge < -0.3 is 10.2 Å². The van der Waals surface area contributed by atoms with Crippen LogP contribution in [0, 0.1) is 5.82 Å². The standard InChI is InChI=1S/C18H15BrFNO2/c1-2-14(21)18-16(10-4-3-5-12(20)8-10)17(22)13-9-11(19)6-7-15(13)23-18/h3-9,14H,2,21H2,1H3/t14-/m0/s1. The van der Waals surface area contributed by atoms with Crippen molar-refractivity contribution in [1.29, 1.82) is 0 Å². The Labute approximate surface area is 141 Å². The van der Waals surface area contributed by atoms with Gasteiger partial charge in [0.2, 0.25) is 5.43 Å². The van der Waals surface area contributed by atoms with Crippen LogP contribution in [0.5, 0.6) is 0 Å². The quantitative estimate of drug-likeness (QED) is 0.716. The third-order valence-corrected chi connectivity index (χ3v) is 4.26. The summed E-state index contributed by atoms with van der Waals surface area (Å²) in [5, 5.41) is 0.436. The zero-order valence-electron chi connectivity index (χ0n) is 12.5. The molecule has 0 radical (unpaired) electrons. The van der Waals surface area contributed by atoms with Crippen LogP contribution < -0.4 is 11.2 Å². The fourth-order valence-electron chi connectivity index (χ4n) is 2.55. The molecule has 1 aromatic heterocycles. The van der Waals surface area contributed by atoms with Gasteiger partial charge >= 0.3 is 0 Å². The van der Waals surface area contributed by atoms with Crippen molar-refractivity contribution in [3.05, 3.63) is 68.7 Å². The Balaban J connectivity index is 2.41. The molecule has 3 rings (SSSR count). The molecule has 0 saturated heterocycles. The zero-order valence-corrected chi connectivity index (χ0v) is 14.1. The molecule has 23 heavy (non-hydrogen) atoms. The minimum atomic E-state index is -0.436. The van der Waals surface area contributed by atoms with Crippen molar-refractivity contribution in [2.45, 2.75) is 19.4 Å². The highest BCUT2D eigenvalue weighted by molar-refractivity contribution is 9.10. The maximum Gasteiger partial charge on any atom is 0.200 e. The Morgan fingerprint density at radius 2 is 2.04 bits per heavy atom. The molecule has 0 aliphatic rings. The van der Waals surface area contributed by atoms with E-state index in [9.17, 15) is 9.18 Å². The number of halogens is 2. The molecular weight excluding hydrogens is 361 g/mol. The van der Waals surface area contributed by atoms with Gasteiger partial charge in [-0.15, -0.1) is 0 Å². The summed E-state index contributed by atoms with van der Waals surface area (Å²) >= 11 is 3.35. The third kappa shape index (κ3) is 2.94. The summed E-state index contributed by atoms with van der Waals surface area (Å²) in [6.45, 7) is 1.91. The Bertz CT molecular complexity index is 936. The lowest BCUT2D eigenvalue weighted by molar-refractivity contribution is 0.480. The SMILES string of the molecule is CC[C@H](N)c1oc2ccc(Br)cc2c(=O)c1-c1cccc(F)c1. The van der Waals surface area contributed by atoms with Crippen molar-refractivity contribution in [2.75, 3.05) is 0 Å². The molecule has 0 spiro atoms. The second-order valence-electron chi connectivity index (χ2n) is 5.34. The van der Waals surface area contributed by atoms with Crippen LogP contribution >= 0.6 is 15.9 Å². The Morgan fingerprint density at radius 3 is 2.74 bits per heavy atom. The largest absolute Gasteiger partial charge is 0.458 e. The number of nitrogens with two attached hydrogens (primary N) is 1. The molecule has 2 N–H and O–H groups in total. The molecule has 5 heteroatoms. The van der Waals surface area contributed by atoms with Crippen molar-refractivity contribution in [1.82, 2.24) is 0 Å². The van der Waals surface area contributed by atoms with E-state index in [-0.39, 0.29) is 5.43 Å². The van der Waals surface area contributed by atoms with Crippen molar-refractivity contribution in [3.8, 4) is 11.1 Å². The number of hydrogen-bond donors (Lipinski definition) is 1. The second kappa shape index (κ2) is 6.26. The highest BCUT2D eigenvalue weighted by atomic mass is 79.9. The highest BCUT2D eigenvalue weighted by Gasteiger charge is 2.20. The van der Waals surface area contributed by atoms with Crippen LogP contribution in [0.25, 0.3) is 22.1 Å². The maximum absolute atomic E-state index is 13.6. The van der Waals surface area contributed by atoms with Crippen molar-refractivity contribution in [3.63, 3.8) is 0 Å². The molecule has 0 aliphatic carbocycles. The lowest BCUT2D eigenvalue weighted by Gasteiger charge is -2.15. The summed E-state index contributed by atoms with van der Waals surface area (Å²) in [7, 11) is 0. The average Bonchev–Trinajstić information content (AvgIpc) is 2.54. The molecule has 0 bridgehead atoms. The minimum absolute atomic E-state index is 0.211. The first kappa shape index (κ1) is 15.9.